The molecule has 0 aliphatic carbocycles. The third-order valence-electron chi connectivity index (χ3n) is 3.37. The average Bonchev–Trinajstić information content (AvgIpc) is 2.42. The summed E-state index contributed by atoms with van der Waals surface area (Å²) in [7, 11) is 1.56. The number of rotatable bonds is 4. The maximum Gasteiger partial charge on any atom is 0.224 e. The molecule has 1 aromatic carbocycles. The number of methoxy groups -OCH3 is 1. The third-order valence-corrected chi connectivity index (χ3v) is 3.68. The molecule has 1 amide bonds. The van der Waals surface area contributed by atoms with Crippen LogP contribution in [0.4, 0.5) is 5.69 Å². The number of amides is 1. The highest BCUT2D eigenvalue weighted by Crippen LogP contribution is 2.27. The van der Waals surface area contributed by atoms with E-state index >= 15 is 0 Å². The summed E-state index contributed by atoms with van der Waals surface area (Å²) < 4.78 is 5.13. The lowest BCUT2D eigenvalue weighted by molar-refractivity contribution is -0.117. The summed E-state index contributed by atoms with van der Waals surface area (Å²) in [6.07, 6.45) is 2.71. The van der Waals surface area contributed by atoms with E-state index in [-0.39, 0.29) is 18.3 Å². The van der Waals surface area contributed by atoms with Crippen LogP contribution in [0.25, 0.3) is 0 Å². The van der Waals surface area contributed by atoms with Crippen molar-refractivity contribution >= 4 is 35.6 Å². The zero-order valence-corrected chi connectivity index (χ0v) is 13.0. The van der Waals surface area contributed by atoms with Gasteiger partial charge in [-0.25, -0.2) is 0 Å². The Kier molecular flexibility index (Phi) is 7.13. The largest absolute Gasteiger partial charge is 0.495 e. The molecule has 0 unspecified atom stereocenters. The molecule has 1 fully saturated rings. The van der Waals surface area contributed by atoms with E-state index in [9.17, 15) is 4.79 Å². The lowest BCUT2D eigenvalue weighted by Crippen LogP contribution is -2.30. The van der Waals surface area contributed by atoms with Gasteiger partial charge in [0.05, 0.1) is 12.1 Å². The molecule has 1 heterocycles. The molecular weight excluding hydrogens is 299 g/mol. The van der Waals surface area contributed by atoms with E-state index in [4.69, 9.17) is 16.3 Å². The van der Waals surface area contributed by atoms with Crippen LogP contribution in [0.2, 0.25) is 5.02 Å². The molecule has 0 radical (unpaired) electrons. The minimum Gasteiger partial charge on any atom is -0.495 e. The zero-order chi connectivity index (χ0) is 13.7. The van der Waals surface area contributed by atoms with Crippen LogP contribution in [0.15, 0.2) is 18.2 Å². The third kappa shape index (κ3) is 4.85. The summed E-state index contributed by atoms with van der Waals surface area (Å²) in [4.78, 5) is 12.0. The number of piperidine rings is 1. The van der Waals surface area contributed by atoms with Gasteiger partial charge in [0.15, 0.2) is 0 Å². The number of hydrogen-bond donors (Lipinski definition) is 2. The number of halogens is 2. The fourth-order valence-electron chi connectivity index (χ4n) is 2.30. The fourth-order valence-corrected chi connectivity index (χ4v) is 2.49. The first-order chi connectivity index (χ1) is 9.19. The predicted molar refractivity (Wildman–Crippen MR) is 84.1 cm³/mol. The second kappa shape index (κ2) is 8.35. The lowest BCUT2D eigenvalue weighted by atomic mass is 9.94. The number of anilines is 1. The molecule has 2 N–H and O–H groups in total. The Balaban J connectivity index is 0.00000200. The van der Waals surface area contributed by atoms with Crippen molar-refractivity contribution < 1.29 is 9.53 Å². The van der Waals surface area contributed by atoms with E-state index in [1.54, 1.807) is 25.3 Å². The number of carbonyl (C=O) groups excluding carboxylic acids is 1. The van der Waals surface area contributed by atoms with Crippen molar-refractivity contribution in [3.8, 4) is 5.75 Å². The molecule has 2 rings (SSSR count). The van der Waals surface area contributed by atoms with Crippen LogP contribution in [-0.2, 0) is 4.79 Å². The Morgan fingerprint density at radius 2 is 2.15 bits per heavy atom. The van der Waals surface area contributed by atoms with Gasteiger partial charge in [0.25, 0.3) is 0 Å². The number of nitrogens with one attached hydrogen (secondary N) is 2. The monoisotopic (exact) mass is 318 g/mol. The van der Waals surface area contributed by atoms with Gasteiger partial charge in [-0.3, -0.25) is 4.79 Å². The van der Waals surface area contributed by atoms with Gasteiger partial charge in [-0.2, -0.15) is 0 Å². The minimum atomic E-state index is 0. The van der Waals surface area contributed by atoms with Gasteiger partial charge in [0.2, 0.25) is 5.91 Å². The summed E-state index contributed by atoms with van der Waals surface area (Å²) in [6.45, 7) is 2.01. The standard InChI is InChI=1S/C14H19ClN2O2.ClH/c1-19-13-9-11(2-3-12(13)15)17-14(18)8-10-4-6-16-7-5-10;/h2-3,9-10,16H,4-8H2,1H3,(H,17,18);1H. The van der Waals surface area contributed by atoms with Crippen LogP contribution < -0.4 is 15.4 Å². The SMILES string of the molecule is COc1cc(NC(=O)CC2CCNCC2)ccc1Cl.Cl. The molecule has 1 aliphatic rings. The van der Waals surface area contributed by atoms with Crippen molar-refractivity contribution in [3.05, 3.63) is 23.2 Å². The normalized spacial score (nSPS) is 15.3. The van der Waals surface area contributed by atoms with Crippen LogP contribution in [-0.4, -0.2) is 26.1 Å². The van der Waals surface area contributed by atoms with E-state index < -0.39 is 0 Å². The molecule has 0 spiro atoms. The highest BCUT2D eigenvalue weighted by Gasteiger charge is 2.17. The summed E-state index contributed by atoms with van der Waals surface area (Å²) in [6, 6.07) is 5.24. The molecule has 6 heteroatoms. The first-order valence-electron chi connectivity index (χ1n) is 6.53. The number of carbonyl (C=O) groups is 1. The van der Waals surface area contributed by atoms with Gasteiger partial charge < -0.3 is 15.4 Å². The van der Waals surface area contributed by atoms with Crippen molar-refractivity contribution in [1.29, 1.82) is 0 Å². The van der Waals surface area contributed by atoms with Gasteiger partial charge in [-0.1, -0.05) is 11.6 Å². The van der Waals surface area contributed by atoms with Crippen LogP contribution in [0.1, 0.15) is 19.3 Å². The predicted octanol–water partition coefficient (Wildman–Crippen LogP) is 3.10. The van der Waals surface area contributed by atoms with Crippen LogP contribution in [0, 0.1) is 5.92 Å². The second-order valence-corrected chi connectivity index (χ2v) is 5.20. The molecule has 0 bridgehead atoms. The number of ether oxygens (including phenoxy) is 1. The van der Waals surface area contributed by atoms with Crippen LogP contribution in [0.5, 0.6) is 5.75 Å². The highest BCUT2D eigenvalue weighted by molar-refractivity contribution is 6.32. The van der Waals surface area contributed by atoms with E-state index in [1.165, 1.54) is 0 Å². The number of hydrogen-bond acceptors (Lipinski definition) is 3. The summed E-state index contributed by atoms with van der Waals surface area (Å²) in [5.41, 5.74) is 0.722. The maximum atomic E-state index is 12.0. The van der Waals surface area contributed by atoms with Gasteiger partial charge >= 0.3 is 0 Å². The molecule has 1 aliphatic heterocycles. The Morgan fingerprint density at radius 3 is 2.80 bits per heavy atom. The van der Waals surface area contributed by atoms with Gasteiger partial charge in [0.1, 0.15) is 5.75 Å². The maximum absolute atomic E-state index is 12.0. The van der Waals surface area contributed by atoms with E-state index in [1.807, 2.05) is 0 Å². The quantitative estimate of drug-likeness (QED) is 0.896. The van der Waals surface area contributed by atoms with E-state index in [0.29, 0.717) is 23.1 Å². The molecule has 0 atom stereocenters. The van der Waals surface area contributed by atoms with Gasteiger partial charge in [0, 0.05) is 18.2 Å². The number of benzene rings is 1. The Labute approximate surface area is 130 Å². The molecule has 1 saturated heterocycles. The van der Waals surface area contributed by atoms with E-state index in [0.717, 1.165) is 31.6 Å². The first-order valence-corrected chi connectivity index (χ1v) is 6.91. The molecular formula is C14H20Cl2N2O2. The smallest absolute Gasteiger partial charge is 0.224 e. The Hall–Kier alpha value is -0.970. The van der Waals surface area contributed by atoms with Crippen molar-refractivity contribution in [2.24, 2.45) is 5.92 Å². The summed E-state index contributed by atoms with van der Waals surface area (Å²) >= 11 is 5.94. The molecule has 4 nitrogen and oxygen atoms in total. The first kappa shape index (κ1) is 17.1. The van der Waals surface area contributed by atoms with Gasteiger partial charge in [-0.05, 0) is 44.0 Å². The molecule has 0 aromatic heterocycles. The van der Waals surface area contributed by atoms with Crippen molar-refractivity contribution in [1.82, 2.24) is 5.32 Å². The molecule has 20 heavy (non-hydrogen) atoms. The molecule has 112 valence electrons. The topological polar surface area (TPSA) is 50.4 Å². The lowest BCUT2D eigenvalue weighted by Gasteiger charge is -2.22. The van der Waals surface area contributed by atoms with Gasteiger partial charge in [-0.15, -0.1) is 12.4 Å². The highest BCUT2D eigenvalue weighted by atomic mass is 35.5. The van der Waals surface area contributed by atoms with Crippen molar-refractivity contribution in [2.75, 3.05) is 25.5 Å². The second-order valence-electron chi connectivity index (χ2n) is 4.80. The van der Waals surface area contributed by atoms with Crippen LogP contribution in [0.3, 0.4) is 0 Å². The fraction of sp³-hybridized carbons (Fsp3) is 0.500. The summed E-state index contributed by atoms with van der Waals surface area (Å²) in [5.74, 6) is 1.10. The van der Waals surface area contributed by atoms with E-state index in [2.05, 4.69) is 10.6 Å². The minimum absolute atomic E-state index is 0. The average molecular weight is 319 g/mol. The van der Waals surface area contributed by atoms with Crippen molar-refractivity contribution in [3.63, 3.8) is 0 Å². The van der Waals surface area contributed by atoms with Crippen LogP contribution >= 0.6 is 24.0 Å². The van der Waals surface area contributed by atoms with Crippen molar-refractivity contribution in [2.45, 2.75) is 19.3 Å². The Bertz CT molecular complexity index is 449. The Morgan fingerprint density at radius 1 is 1.45 bits per heavy atom. The summed E-state index contributed by atoms with van der Waals surface area (Å²) in [5, 5.41) is 6.73. The zero-order valence-electron chi connectivity index (χ0n) is 11.4. The molecule has 1 aromatic rings. The molecule has 0 saturated carbocycles.